The van der Waals surface area contributed by atoms with Gasteiger partial charge < -0.3 is 16.2 Å². The highest BCUT2D eigenvalue weighted by Gasteiger charge is 2.19. The highest BCUT2D eigenvalue weighted by Crippen LogP contribution is 2.30. The van der Waals surface area contributed by atoms with Crippen LogP contribution in [0.25, 0.3) is 0 Å². The summed E-state index contributed by atoms with van der Waals surface area (Å²) in [6, 6.07) is 12.0. The quantitative estimate of drug-likeness (QED) is 0.583. The summed E-state index contributed by atoms with van der Waals surface area (Å²) in [6.07, 6.45) is 0. The van der Waals surface area contributed by atoms with Gasteiger partial charge in [0.1, 0.15) is 5.75 Å². The molecule has 2 rings (SSSR count). The van der Waals surface area contributed by atoms with Crippen molar-refractivity contribution in [2.75, 3.05) is 11.1 Å². The molecule has 4 heteroatoms. The summed E-state index contributed by atoms with van der Waals surface area (Å²) in [6.45, 7) is 6.25. The van der Waals surface area contributed by atoms with Crippen LogP contribution in [0.4, 0.5) is 11.4 Å². The van der Waals surface area contributed by atoms with Crippen LogP contribution < -0.4 is 11.1 Å². The lowest BCUT2D eigenvalue weighted by molar-refractivity contribution is 0.102. The van der Waals surface area contributed by atoms with E-state index in [1.165, 1.54) is 18.2 Å². The third-order valence-electron chi connectivity index (χ3n) is 3.26. The van der Waals surface area contributed by atoms with Crippen LogP contribution in [0.2, 0.25) is 0 Å². The Bertz CT molecular complexity index is 673. The summed E-state index contributed by atoms with van der Waals surface area (Å²) < 4.78 is 0. The lowest BCUT2D eigenvalue weighted by atomic mass is 9.86. The molecule has 110 valence electrons. The monoisotopic (exact) mass is 284 g/mol. The maximum absolute atomic E-state index is 12.4. The molecule has 0 atom stereocenters. The lowest BCUT2D eigenvalue weighted by Gasteiger charge is -2.23. The van der Waals surface area contributed by atoms with Gasteiger partial charge in [0.2, 0.25) is 0 Å². The first-order valence-electron chi connectivity index (χ1n) is 6.78. The number of hydrogen-bond acceptors (Lipinski definition) is 3. The van der Waals surface area contributed by atoms with Crippen LogP contribution in [0, 0.1) is 0 Å². The van der Waals surface area contributed by atoms with E-state index in [4.69, 9.17) is 5.73 Å². The number of nitrogen functional groups attached to an aromatic ring is 1. The third-order valence-corrected chi connectivity index (χ3v) is 3.26. The van der Waals surface area contributed by atoms with Crippen molar-refractivity contribution in [3.8, 4) is 5.75 Å². The average molecular weight is 284 g/mol. The van der Waals surface area contributed by atoms with Gasteiger partial charge in [0.25, 0.3) is 5.91 Å². The number of nitrogens with one attached hydrogen (secondary N) is 1. The number of hydrogen-bond donors (Lipinski definition) is 3. The Balaban J connectivity index is 2.35. The van der Waals surface area contributed by atoms with Gasteiger partial charge >= 0.3 is 0 Å². The fourth-order valence-corrected chi connectivity index (χ4v) is 2.18. The number of phenolic OH excluding ortho intramolecular Hbond substituents is 1. The first-order chi connectivity index (χ1) is 9.79. The molecular formula is C17H20N2O2. The van der Waals surface area contributed by atoms with Crippen molar-refractivity contribution in [2.24, 2.45) is 0 Å². The van der Waals surface area contributed by atoms with Crippen LogP contribution in [0.1, 0.15) is 36.7 Å². The van der Waals surface area contributed by atoms with E-state index in [1.54, 1.807) is 0 Å². The SMILES string of the molecule is CC(C)(C)c1ccccc1NC(=O)c1cc(O)ccc1N. The molecule has 0 radical (unpaired) electrons. The summed E-state index contributed by atoms with van der Waals surface area (Å²) in [5, 5.41) is 12.4. The number of carbonyl (C=O) groups excluding carboxylic acids is 1. The predicted molar refractivity (Wildman–Crippen MR) is 85.6 cm³/mol. The second kappa shape index (κ2) is 5.48. The van der Waals surface area contributed by atoms with E-state index >= 15 is 0 Å². The Kier molecular flexibility index (Phi) is 3.89. The van der Waals surface area contributed by atoms with Gasteiger partial charge in [-0.1, -0.05) is 39.0 Å². The number of para-hydroxylation sites is 1. The van der Waals surface area contributed by atoms with E-state index in [1.807, 2.05) is 24.3 Å². The Morgan fingerprint density at radius 1 is 1.14 bits per heavy atom. The zero-order chi connectivity index (χ0) is 15.6. The molecule has 4 nitrogen and oxygen atoms in total. The minimum absolute atomic E-state index is 0.0125. The van der Waals surface area contributed by atoms with Crippen LogP contribution >= 0.6 is 0 Å². The highest BCUT2D eigenvalue weighted by atomic mass is 16.3. The summed E-state index contributed by atoms with van der Waals surface area (Å²) in [5.41, 5.74) is 8.09. The lowest BCUT2D eigenvalue weighted by Crippen LogP contribution is -2.19. The van der Waals surface area contributed by atoms with Gasteiger partial charge in [0, 0.05) is 11.4 Å². The fraction of sp³-hybridized carbons (Fsp3) is 0.235. The van der Waals surface area contributed by atoms with E-state index in [-0.39, 0.29) is 22.6 Å². The maximum atomic E-state index is 12.4. The van der Waals surface area contributed by atoms with Crippen molar-refractivity contribution in [1.82, 2.24) is 0 Å². The second-order valence-corrected chi connectivity index (χ2v) is 6.02. The number of aromatic hydroxyl groups is 1. The Morgan fingerprint density at radius 3 is 2.48 bits per heavy atom. The topological polar surface area (TPSA) is 75.3 Å². The van der Waals surface area contributed by atoms with Gasteiger partial charge in [0.05, 0.1) is 5.56 Å². The van der Waals surface area contributed by atoms with E-state index in [9.17, 15) is 9.90 Å². The number of anilines is 2. The number of rotatable bonds is 2. The molecule has 0 aliphatic rings. The summed E-state index contributed by atoms with van der Waals surface area (Å²) in [7, 11) is 0. The molecule has 0 spiro atoms. The third kappa shape index (κ3) is 3.34. The summed E-state index contributed by atoms with van der Waals surface area (Å²) in [5.74, 6) is -0.321. The molecule has 0 aliphatic heterocycles. The maximum Gasteiger partial charge on any atom is 0.257 e. The smallest absolute Gasteiger partial charge is 0.257 e. The van der Waals surface area contributed by atoms with Crippen molar-refractivity contribution < 1.29 is 9.90 Å². The number of phenols is 1. The zero-order valence-corrected chi connectivity index (χ0v) is 12.5. The molecule has 4 N–H and O–H groups in total. The van der Waals surface area contributed by atoms with E-state index in [0.29, 0.717) is 5.69 Å². The Labute approximate surface area is 124 Å². The van der Waals surface area contributed by atoms with Gasteiger partial charge in [-0.05, 0) is 35.2 Å². The minimum atomic E-state index is -0.333. The molecular weight excluding hydrogens is 264 g/mol. The van der Waals surface area contributed by atoms with Gasteiger partial charge in [-0.3, -0.25) is 4.79 Å². The number of nitrogens with two attached hydrogens (primary N) is 1. The van der Waals surface area contributed by atoms with Gasteiger partial charge in [-0.25, -0.2) is 0 Å². The van der Waals surface area contributed by atoms with Crippen molar-refractivity contribution >= 4 is 17.3 Å². The molecule has 0 aliphatic carbocycles. The average Bonchev–Trinajstić information content (AvgIpc) is 2.41. The summed E-state index contributed by atoms with van der Waals surface area (Å²) >= 11 is 0. The number of benzene rings is 2. The molecule has 0 heterocycles. The number of amides is 1. The van der Waals surface area contributed by atoms with Crippen molar-refractivity contribution in [1.29, 1.82) is 0 Å². The van der Waals surface area contributed by atoms with E-state index in [0.717, 1.165) is 11.3 Å². The van der Waals surface area contributed by atoms with Gasteiger partial charge in [0.15, 0.2) is 0 Å². The van der Waals surface area contributed by atoms with Crippen LogP contribution in [-0.2, 0) is 5.41 Å². The van der Waals surface area contributed by atoms with Gasteiger partial charge in [-0.15, -0.1) is 0 Å². The number of carbonyl (C=O) groups is 1. The molecule has 0 saturated heterocycles. The molecule has 21 heavy (non-hydrogen) atoms. The second-order valence-electron chi connectivity index (χ2n) is 6.02. The molecule has 0 aromatic heterocycles. The van der Waals surface area contributed by atoms with E-state index < -0.39 is 0 Å². The molecule has 0 saturated carbocycles. The minimum Gasteiger partial charge on any atom is -0.508 e. The predicted octanol–water partition coefficient (Wildman–Crippen LogP) is 3.52. The van der Waals surface area contributed by atoms with Crippen molar-refractivity contribution in [2.45, 2.75) is 26.2 Å². The van der Waals surface area contributed by atoms with Crippen LogP contribution in [0.15, 0.2) is 42.5 Å². The van der Waals surface area contributed by atoms with Crippen LogP contribution in [0.5, 0.6) is 5.75 Å². The molecule has 0 bridgehead atoms. The van der Waals surface area contributed by atoms with Crippen LogP contribution in [0.3, 0.4) is 0 Å². The fourth-order valence-electron chi connectivity index (χ4n) is 2.18. The molecule has 0 fully saturated rings. The molecule has 1 amide bonds. The van der Waals surface area contributed by atoms with Crippen LogP contribution in [-0.4, -0.2) is 11.0 Å². The zero-order valence-electron chi connectivity index (χ0n) is 12.5. The standard InChI is InChI=1S/C17H20N2O2/c1-17(2,3)13-6-4-5-7-15(13)19-16(21)12-10-11(20)8-9-14(12)18/h4-10,20H,18H2,1-3H3,(H,19,21). The van der Waals surface area contributed by atoms with Gasteiger partial charge in [-0.2, -0.15) is 0 Å². The summed E-state index contributed by atoms with van der Waals surface area (Å²) in [4.78, 5) is 12.4. The molecule has 0 unspecified atom stereocenters. The first-order valence-corrected chi connectivity index (χ1v) is 6.78. The largest absolute Gasteiger partial charge is 0.508 e. The highest BCUT2D eigenvalue weighted by molar-refractivity contribution is 6.08. The Hall–Kier alpha value is -2.49. The van der Waals surface area contributed by atoms with Crippen molar-refractivity contribution in [3.05, 3.63) is 53.6 Å². The Morgan fingerprint density at radius 2 is 1.81 bits per heavy atom. The normalized spacial score (nSPS) is 11.2. The first kappa shape index (κ1) is 14.9. The van der Waals surface area contributed by atoms with E-state index in [2.05, 4.69) is 26.1 Å². The van der Waals surface area contributed by atoms with Crippen molar-refractivity contribution in [3.63, 3.8) is 0 Å². The molecule has 2 aromatic carbocycles. The molecule has 2 aromatic rings.